The maximum atomic E-state index is 14.8. The SMILES string of the molecule is C=C(C)C(=O)OCCc1cc(-c2ccc(-c3ccccc3)c(F)c2)ccc1CCO. The van der Waals surface area contributed by atoms with Crippen molar-refractivity contribution in [3.8, 4) is 22.3 Å². The summed E-state index contributed by atoms with van der Waals surface area (Å²) >= 11 is 0. The van der Waals surface area contributed by atoms with Gasteiger partial charge in [-0.05, 0) is 47.2 Å². The zero-order valence-electron chi connectivity index (χ0n) is 17.0. The van der Waals surface area contributed by atoms with Crippen molar-refractivity contribution in [1.29, 1.82) is 0 Å². The maximum Gasteiger partial charge on any atom is 0.333 e. The molecule has 0 bridgehead atoms. The van der Waals surface area contributed by atoms with Crippen molar-refractivity contribution >= 4 is 5.97 Å². The fourth-order valence-corrected chi connectivity index (χ4v) is 3.33. The molecule has 0 saturated heterocycles. The van der Waals surface area contributed by atoms with Crippen LogP contribution in [-0.4, -0.2) is 24.3 Å². The van der Waals surface area contributed by atoms with Crippen molar-refractivity contribution in [3.05, 3.63) is 95.8 Å². The average molecular weight is 404 g/mol. The summed E-state index contributed by atoms with van der Waals surface area (Å²) in [7, 11) is 0. The van der Waals surface area contributed by atoms with Gasteiger partial charge in [-0.25, -0.2) is 9.18 Å². The van der Waals surface area contributed by atoms with E-state index in [1.54, 1.807) is 13.0 Å². The number of carbonyl (C=O) groups excluding carboxylic acids is 1. The van der Waals surface area contributed by atoms with Gasteiger partial charge in [0.25, 0.3) is 0 Å². The highest BCUT2D eigenvalue weighted by Gasteiger charge is 2.11. The predicted octanol–water partition coefficient (Wildman–Crippen LogP) is 5.36. The van der Waals surface area contributed by atoms with Gasteiger partial charge in [0.1, 0.15) is 5.82 Å². The Bertz CT molecular complexity index is 1040. The van der Waals surface area contributed by atoms with E-state index < -0.39 is 5.97 Å². The van der Waals surface area contributed by atoms with Crippen LogP contribution in [-0.2, 0) is 22.4 Å². The number of carbonyl (C=O) groups is 1. The molecule has 0 aliphatic carbocycles. The zero-order chi connectivity index (χ0) is 21.5. The molecule has 0 unspecified atom stereocenters. The van der Waals surface area contributed by atoms with E-state index in [4.69, 9.17) is 4.74 Å². The molecule has 1 N–H and O–H groups in total. The van der Waals surface area contributed by atoms with Crippen LogP contribution in [0.25, 0.3) is 22.3 Å². The summed E-state index contributed by atoms with van der Waals surface area (Å²) in [5.74, 6) is -0.705. The highest BCUT2D eigenvalue weighted by molar-refractivity contribution is 5.86. The molecule has 154 valence electrons. The molecule has 0 aliphatic heterocycles. The molecular formula is C26H25FO3. The summed E-state index contributed by atoms with van der Waals surface area (Å²) in [5, 5.41) is 9.35. The molecule has 0 aromatic heterocycles. The lowest BCUT2D eigenvalue weighted by Crippen LogP contribution is -2.09. The fourth-order valence-electron chi connectivity index (χ4n) is 3.33. The molecule has 4 heteroatoms. The van der Waals surface area contributed by atoms with Gasteiger partial charge in [-0.2, -0.15) is 0 Å². The van der Waals surface area contributed by atoms with Crippen molar-refractivity contribution in [1.82, 2.24) is 0 Å². The molecule has 0 radical (unpaired) electrons. The van der Waals surface area contributed by atoms with E-state index in [9.17, 15) is 14.3 Å². The molecule has 0 spiro atoms. The highest BCUT2D eigenvalue weighted by atomic mass is 19.1. The molecule has 0 atom stereocenters. The van der Waals surface area contributed by atoms with E-state index in [-0.39, 0.29) is 19.0 Å². The van der Waals surface area contributed by atoms with E-state index in [1.165, 1.54) is 6.07 Å². The van der Waals surface area contributed by atoms with Crippen molar-refractivity contribution in [2.24, 2.45) is 0 Å². The van der Waals surface area contributed by atoms with Crippen LogP contribution in [0.2, 0.25) is 0 Å². The second-order valence-electron chi connectivity index (χ2n) is 7.18. The largest absolute Gasteiger partial charge is 0.462 e. The van der Waals surface area contributed by atoms with Gasteiger partial charge in [-0.3, -0.25) is 0 Å². The number of benzene rings is 3. The Hall–Kier alpha value is -3.24. The summed E-state index contributed by atoms with van der Waals surface area (Å²) in [6.07, 6.45) is 1.01. The third kappa shape index (κ3) is 5.22. The summed E-state index contributed by atoms with van der Waals surface area (Å²) < 4.78 is 20.0. The Balaban J connectivity index is 1.86. The third-order valence-electron chi connectivity index (χ3n) is 4.93. The standard InChI is InChI=1S/C26H25FO3/c1-18(2)26(29)30-15-13-23-16-21(9-8-19(23)12-14-28)22-10-11-24(25(27)17-22)20-6-4-3-5-7-20/h3-11,16-17,28H,1,12-15H2,2H3. The van der Waals surface area contributed by atoms with Crippen LogP contribution in [0.5, 0.6) is 0 Å². The summed E-state index contributed by atoms with van der Waals surface area (Å²) in [5.41, 5.74) is 5.33. The van der Waals surface area contributed by atoms with E-state index in [0.29, 0.717) is 24.0 Å². The Morgan fingerprint density at radius 1 is 0.933 bits per heavy atom. The Morgan fingerprint density at radius 2 is 1.63 bits per heavy atom. The summed E-state index contributed by atoms with van der Waals surface area (Å²) in [6.45, 7) is 5.42. The quantitative estimate of drug-likeness (QED) is 0.406. The Morgan fingerprint density at radius 3 is 2.30 bits per heavy atom. The topological polar surface area (TPSA) is 46.5 Å². The minimum absolute atomic E-state index is 0.0261. The van der Waals surface area contributed by atoms with Crippen LogP contribution in [0.1, 0.15) is 18.1 Å². The monoisotopic (exact) mass is 404 g/mol. The lowest BCUT2D eigenvalue weighted by Gasteiger charge is -2.13. The number of esters is 1. The van der Waals surface area contributed by atoms with E-state index in [0.717, 1.165) is 27.8 Å². The van der Waals surface area contributed by atoms with Crippen LogP contribution in [0, 0.1) is 5.82 Å². The van der Waals surface area contributed by atoms with Crippen molar-refractivity contribution in [2.75, 3.05) is 13.2 Å². The van der Waals surface area contributed by atoms with Gasteiger partial charge < -0.3 is 9.84 Å². The van der Waals surface area contributed by atoms with Gasteiger partial charge in [-0.1, -0.05) is 67.2 Å². The van der Waals surface area contributed by atoms with Crippen molar-refractivity contribution in [3.63, 3.8) is 0 Å². The van der Waals surface area contributed by atoms with Gasteiger partial charge >= 0.3 is 5.97 Å². The first-order valence-corrected chi connectivity index (χ1v) is 9.90. The normalized spacial score (nSPS) is 10.6. The lowest BCUT2D eigenvalue weighted by molar-refractivity contribution is -0.138. The average Bonchev–Trinajstić information content (AvgIpc) is 2.75. The minimum Gasteiger partial charge on any atom is -0.462 e. The van der Waals surface area contributed by atoms with Crippen LogP contribution in [0.15, 0.2) is 78.9 Å². The molecule has 3 aromatic rings. The van der Waals surface area contributed by atoms with Gasteiger partial charge in [0.05, 0.1) is 6.61 Å². The number of rotatable bonds is 8. The van der Waals surface area contributed by atoms with Gasteiger partial charge in [-0.15, -0.1) is 0 Å². The molecule has 3 rings (SSSR count). The van der Waals surface area contributed by atoms with Gasteiger partial charge in [0, 0.05) is 24.2 Å². The molecule has 3 aromatic carbocycles. The first-order valence-electron chi connectivity index (χ1n) is 9.90. The number of aliphatic hydroxyl groups excluding tert-OH is 1. The molecular weight excluding hydrogens is 379 g/mol. The summed E-state index contributed by atoms with van der Waals surface area (Å²) in [4.78, 5) is 11.6. The van der Waals surface area contributed by atoms with Crippen LogP contribution < -0.4 is 0 Å². The van der Waals surface area contributed by atoms with Crippen molar-refractivity contribution in [2.45, 2.75) is 19.8 Å². The number of hydrogen-bond acceptors (Lipinski definition) is 3. The molecule has 0 saturated carbocycles. The van der Waals surface area contributed by atoms with E-state index >= 15 is 0 Å². The van der Waals surface area contributed by atoms with Crippen LogP contribution >= 0.6 is 0 Å². The minimum atomic E-state index is -0.423. The highest BCUT2D eigenvalue weighted by Crippen LogP contribution is 2.29. The van der Waals surface area contributed by atoms with Crippen LogP contribution in [0.4, 0.5) is 4.39 Å². The number of ether oxygens (including phenoxy) is 1. The number of halogens is 1. The Kier molecular flexibility index (Phi) is 7.15. The Labute approximate surface area is 176 Å². The van der Waals surface area contributed by atoms with Crippen molar-refractivity contribution < 1.29 is 19.0 Å². The fraction of sp³-hybridized carbons (Fsp3) is 0.192. The second kappa shape index (κ2) is 9.99. The first kappa shape index (κ1) is 21.5. The van der Waals surface area contributed by atoms with E-state index in [2.05, 4.69) is 6.58 Å². The molecule has 3 nitrogen and oxygen atoms in total. The predicted molar refractivity (Wildman–Crippen MR) is 118 cm³/mol. The first-order chi connectivity index (χ1) is 14.5. The molecule has 0 amide bonds. The second-order valence-corrected chi connectivity index (χ2v) is 7.18. The molecule has 0 heterocycles. The van der Waals surface area contributed by atoms with Crippen LogP contribution in [0.3, 0.4) is 0 Å². The van der Waals surface area contributed by atoms with E-state index in [1.807, 2.05) is 54.6 Å². The molecule has 0 aliphatic rings. The lowest BCUT2D eigenvalue weighted by atomic mass is 9.94. The smallest absolute Gasteiger partial charge is 0.333 e. The third-order valence-corrected chi connectivity index (χ3v) is 4.93. The number of hydrogen-bond donors (Lipinski definition) is 1. The zero-order valence-corrected chi connectivity index (χ0v) is 17.0. The maximum absolute atomic E-state index is 14.8. The van der Waals surface area contributed by atoms with Gasteiger partial charge in [0.15, 0.2) is 0 Å². The molecule has 30 heavy (non-hydrogen) atoms. The number of aliphatic hydroxyl groups is 1. The molecule has 0 fully saturated rings. The van der Waals surface area contributed by atoms with Gasteiger partial charge in [0.2, 0.25) is 0 Å². The summed E-state index contributed by atoms with van der Waals surface area (Å²) in [6, 6.07) is 20.5.